The molecule has 0 aromatic heterocycles. The van der Waals surface area contributed by atoms with Gasteiger partial charge in [0.2, 0.25) is 0 Å². The molecule has 0 aliphatic heterocycles. The molecule has 2 aromatic carbocycles. The lowest BCUT2D eigenvalue weighted by Gasteiger charge is -2.42. The van der Waals surface area contributed by atoms with Gasteiger partial charge in [0.05, 0.1) is 12.5 Å². The van der Waals surface area contributed by atoms with Gasteiger partial charge in [-0.05, 0) is 100 Å². The highest BCUT2D eigenvalue weighted by molar-refractivity contribution is 5.79. The average Bonchev–Trinajstić information content (AvgIpc) is 3.84. The lowest BCUT2D eigenvalue weighted by molar-refractivity contribution is -0.145. The number of carbonyl (C=O) groups excluding carboxylic acids is 2. The van der Waals surface area contributed by atoms with Gasteiger partial charge < -0.3 is 9.53 Å². The molecule has 258 valence electrons. The summed E-state index contributed by atoms with van der Waals surface area (Å²) in [5, 5.41) is 0. The Labute approximate surface area is 283 Å². The van der Waals surface area contributed by atoms with Crippen molar-refractivity contribution in [2.24, 2.45) is 11.8 Å². The number of fused-ring (bicyclic) bond motifs is 2. The molecule has 3 nitrogen and oxygen atoms in total. The zero-order valence-electron chi connectivity index (χ0n) is 28.9. The van der Waals surface area contributed by atoms with Crippen LogP contribution in [-0.4, -0.2) is 18.9 Å². The van der Waals surface area contributed by atoms with Gasteiger partial charge in [-0.15, -0.1) is 0 Å². The minimum atomic E-state index is -0.0427. The number of aldehydes is 1. The van der Waals surface area contributed by atoms with Crippen molar-refractivity contribution in [3.05, 3.63) is 69.8 Å². The van der Waals surface area contributed by atoms with Gasteiger partial charge in [0.15, 0.2) is 0 Å². The van der Waals surface area contributed by atoms with Crippen molar-refractivity contribution in [1.29, 1.82) is 0 Å². The van der Waals surface area contributed by atoms with Gasteiger partial charge >= 0.3 is 5.97 Å². The van der Waals surface area contributed by atoms with E-state index in [2.05, 4.69) is 106 Å². The lowest BCUT2D eigenvalue weighted by atomic mass is 9.62. The van der Waals surface area contributed by atoms with Crippen LogP contribution in [-0.2, 0) is 46.8 Å². The molecule has 4 aliphatic rings. The maximum absolute atomic E-state index is 12.1. The number of hydrogen-bond donors (Lipinski definition) is 0. The van der Waals surface area contributed by atoms with Crippen molar-refractivity contribution in [3.8, 4) is 0 Å². The van der Waals surface area contributed by atoms with Gasteiger partial charge in [0.1, 0.15) is 6.29 Å². The molecule has 0 heterocycles. The Morgan fingerprint density at radius 1 is 0.652 bits per heavy atom. The first-order valence-electron chi connectivity index (χ1n) is 16.8. The van der Waals surface area contributed by atoms with Crippen LogP contribution in [0.1, 0.15) is 170 Å². The Morgan fingerprint density at radius 2 is 1.04 bits per heavy atom. The second kappa shape index (κ2) is 12.9. The molecule has 2 fully saturated rings. The second-order valence-corrected chi connectivity index (χ2v) is 17.3. The summed E-state index contributed by atoms with van der Waals surface area (Å²) >= 11 is 0. The lowest BCUT2D eigenvalue weighted by Crippen LogP contribution is -2.34. The van der Waals surface area contributed by atoms with Gasteiger partial charge in [-0.1, -0.05) is 128 Å². The zero-order valence-corrected chi connectivity index (χ0v) is 28.9. The third-order valence-corrected chi connectivity index (χ3v) is 12.3. The third kappa shape index (κ3) is 6.77. The SMILES string of the molecule is C.C.C.CC1(C)CCC(C)(C)c2cc(C3(C)CC3C=O)ccc21.CCOC(=O)C1CC1(C)c1ccc2c(c1)C(C)(C)CCC2(C)C. The Hall–Kier alpha value is -2.42. The van der Waals surface area contributed by atoms with Crippen LogP contribution in [0, 0.1) is 11.8 Å². The molecule has 0 N–H and O–H groups in total. The van der Waals surface area contributed by atoms with Crippen LogP contribution >= 0.6 is 0 Å². The van der Waals surface area contributed by atoms with E-state index in [4.69, 9.17) is 4.74 Å². The Balaban J connectivity index is 0.000000303. The molecular weight excluding hydrogens is 564 g/mol. The molecule has 0 radical (unpaired) electrons. The highest BCUT2D eigenvalue weighted by Crippen LogP contribution is 2.57. The highest BCUT2D eigenvalue weighted by Gasteiger charge is 2.57. The number of benzene rings is 2. The second-order valence-electron chi connectivity index (χ2n) is 17.3. The van der Waals surface area contributed by atoms with Crippen LogP contribution in [0.25, 0.3) is 0 Å². The molecule has 3 heteroatoms. The maximum atomic E-state index is 12.1. The zero-order chi connectivity index (χ0) is 31.8. The number of hydrogen-bond acceptors (Lipinski definition) is 3. The van der Waals surface area contributed by atoms with E-state index in [1.807, 2.05) is 6.92 Å². The van der Waals surface area contributed by atoms with Crippen LogP contribution in [0.4, 0.5) is 0 Å². The molecule has 4 atom stereocenters. The highest BCUT2D eigenvalue weighted by atomic mass is 16.5. The monoisotopic (exact) mass is 633 g/mol. The predicted octanol–water partition coefficient (Wildman–Crippen LogP) is 11.3. The number of ether oxygens (including phenoxy) is 1. The van der Waals surface area contributed by atoms with Crippen molar-refractivity contribution >= 4 is 12.3 Å². The predicted molar refractivity (Wildman–Crippen MR) is 197 cm³/mol. The van der Waals surface area contributed by atoms with Crippen LogP contribution in [0.5, 0.6) is 0 Å². The van der Waals surface area contributed by atoms with Crippen molar-refractivity contribution in [1.82, 2.24) is 0 Å². The van der Waals surface area contributed by atoms with Crippen LogP contribution in [0.15, 0.2) is 36.4 Å². The molecule has 2 saturated carbocycles. The number of rotatable bonds is 5. The summed E-state index contributed by atoms with van der Waals surface area (Å²) < 4.78 is 5.23. The summed E-state index contributed by atoms with van der Waals surface area (Å²) in [6.45, 7) is 25.6. The molecule has 0 bridgehead atoms. The fourth-order valence-electron chi connectivity index (χ4n) is 8.09. The molecule has 6 rings (SSSR count). The van der Waals surface area contributed by atoms with Crippen molar-refractivity contribution in [3.63, 3.8) is 0 Å². The van der Waals surface area contributed by atoms with E-state index < -0.39 is 0 Å². The first kappa shape index (κ1) is 39.8. The molecule has 0 saturated heterocycles. The normalized spacial score (nSPS) is 29.7. The number of esters is 1. The quantitative estimate of drug-likeness (QED) is 0.243. The minimum Gasteiger partial charge on any atom is -0.466 e. The van der Waals surface area contributed by atoms with E-state index in [1.165, 1.54) is 59.1 Å². The van der Waals surface area contributed by atoms with Crippen molar-refractivity contribution < 1.29 is 14.3 Å². The largest absolute Gasteiger partial charge is 0.466 e. The Bertz CT molecular complexity index is 1430. The molecule has 4 aliphatic carbocycles. The average molecular weight is 633 g/mol. The fraction of sp³-hybridized carbons (Fsp3) is 0.674. The van der Waals surface area contributed by atoms with Gasteiger partial charge in [0, 0.05) is 16.7 Å². The van der Waals surface area contributed by atoms with E-state index in [-0.39, 0.29) is 72.6 Å². The standard InChI is InChI=1S/C21H30O2.C19H26O.3CH4/c1-7-23-18(22)17-13-21(17,6)14-8-9-15-16(12-14)20(4,5)11-10-19(15,2)3;1-17(2)8-9-18(3,4)16-10-13(6-7-15(16)17)19(5)11-14(19)12-20;;;/h8-9,12,17H,7,10-11,13H2,1-6H3;6-7,10,12,14H,8-9,11H2,1-5H3;3*1H4. The number of carbonyl (C=O) groups is 2. The molecule has 2 aromatic rings. The van der Waals surface area contributed by atoms with E-state index in [9.17, 15) is 9.59 Å². The van der Waals surface area contributed by atoms with Gasteiger partial charge in [-0.2, -0.15) is 0 Å². The first-order chi connectivity index (χ1) is 19.8. The topological polar surface area (TPSA) is 43.4 Å². The van der Waals surface area contributed by atoms with E-state index in [1.54, 1.807) is 0 Å². The van der Waals surface area contributed by atoms with E-state index in [0.717, 1.165) is 19.1 Å². The summed E-state index contributed by atoms with van der Waals surface area (Å²) in [5.41, 5.74) is 9.66. The van der Waals surface area contributed by atoms with Crippen molar-refractivity contribution in [2.75, 3.05) is 6.61 Å². The Kier molecular flexibility index (Phi) is 11.1. The maximum Gasteiger partial charge on any atom is 0.309 e. The molecular formula is C43H68O3. The Morgan fingerprint density at radius 3 is 1.41 bits per heavy atom. The van der Waals surface area contributed by atoms with Gasteiger partial charge in [-0.3, -0.25) is 4.79 Å². The van der Waals surface area contributed by atoms with Crippen molar-refractivity contribution in [2.45, 2.75) is 169 Å². The first-order valence-corrected chi connectivity index (χ1v) is 16.8. The van der Waals surface area contributed by atoms with Gasteiger partial charge in [0.25, 0.3) is 0 Å². The molecule has 4 unspecified atom stereocenters. The molecule has 0 spiro atoms. The van der Waals surface area contributed by atoms with Crippen LogP contribution < -0.4 is 0 Å². The van der Waals surface area contributed by atoms with Crippen LogP contribution in [0.2, 0.25) is 0 Å². The van der Waals surface area contributed by atoms with Gasteiger partial charge in [-0.25, -0.2) is 0 Å². The summed E-state index contributed by atoms with van der Waals surface area (Å²) in [6.07, 6.45) is 8.00. The smallest absolute Gasteiger partial charge is 0.309 e. The third-order valence-electron chi connectivity index (χ3n) is 12.3. The summed E-state index contributed by atoms with van der Waals surface area (Å²) in [4.78, 5) is 23.2. The van der Waals surface area contributed by atoms with E-state index in [0.29, 0.717) is 6.61 Å². The van der Waals surface area contributed by atoms with E-state index >= 15 is 0 Å². The molecule has 0 amide bonds. The minimum absolute atomic E-state index is 0. The van der Waals surface area contributed by atoms with Crippen LogP contribution in [0.3, 0.4) is 0 Å². The summed E-state index contributed by atoms with van der Waals surface area (Å²) in [7, 11) is 0. The summed E-state index contributed by atoms with van der Waals surface area (Å²) in [6, 6.07) is 14.0. The molecule has 46 heavy (non-hydrogen) atoms. The fourth-order valence-corrected chi connectivity index (χ4v) is 8.09. The summed E-state index contributed by atoms with van der Waals surface area (Å²) in [5.74, 6) is 0.216.